The standard InChI is InChI=1S/C20H19N5O2S/c1-13-5-3-6-14(9-13)17-11-22-19-18(17)20(24-12-23-19)25-15-7-4-8-16(10-15)28(26,27)21-2/h3-12,21H,1-2H3,(H2,22,23,24,25). The Labute approximate surface area is 162 Å². The lowest BCUT2D eigenvalue weighted by atomic mass is 10.0. The molecule has 7 nitrogen and oxygen atoms in total. The van der Waals surface area contributed by atoms with Gasteiger partial charge in [-0.15, -0.1) is 0 Å². The van der Waals surface area contributed by atoms with Gasteiger partial charge >= 0.3 is 0 Å². The van der Waals surface area contributed by atoms with Crippen LogP contribution in [0.15, 0.2) is 66.0 Å². The number of aryl methyl sites for hydroxylation is 1. The molecule has 2 heterocycles. The van der Waals surface area contributed by atoms with Crippen LogP contribution in [0.2, 0.25) is 0 Å². The van der Waals surface area contributed by atoms with Crippen LogP contribution in [0, 0.1) is 6.92 Å². The van der Waals surface area contributed by atoms with Crippen LogP contribution in [0.25, 0.3) is 22.2 Å². The fourth-order valence-corrected chi connectivity index (χ4v) is 3.87. The predicted octanol–water partition coefficient (Wildman–Crippen LogP) is 3.59. The van der Waals surface area contributed by atoms with Gasteiger partial charge in [0.15, 0.2) is 0 Å². The average molecular weight is 393 g/mol. The summed E-state index contributed by atoms with van der Waals surface area (Å²) in [5, 5.41) is 4.07. The van der Waals surface area contributed by atoms with Crippen molar-refractivity contribution in [3.05, 3.63) is 66.6 Å². The highest BCUT2D eigenvalue weighted by molar-refractivity contribution is 7.89. The van der Waals surface area contributed by atoms with Gasteiger partial charge in [-0.2, -0.15) is 0 Å². The molecule has 0 bridgehead atoms. The molecule has 0 amide bonds. The van der Waals surface area contributed by atoms with Crippen molar-refractivity contribution >= 4 is 32.6 Å². The number of H-pyrrole nitrogens is 1. The van der Waals surface area contributed by atoms with Crippen molar-refractivity contribution < 1.29 is 8.42 Å². The highest BCUT2D eigenvalue weighted by Crippen LogP contribution is 2.33. The molecule has 4 aromatic rings. The molecule has 0 radical (unpaired) electrons. The van der Waals surface area contributed by atoms with E-state index in [0.717, 1.165) is 22.1 Å². The molecule has 8 heteroatoms. The molecule has 0 fully saturated rings. The highest BCUT2D eigenvalue weighted by atomic mass is 32.2. The van der Waals surface area contributed by atoms with Crippen molar-refractivity contribution in [2.45, 2.75) is 11.8 Å². The number of hydrogen-bond donors (Lipinski definition) is 3. The number of nitrogens with one attached hydrogen (secondary N) is 3. The van der Waals surface area contributed by atoms with Gasteiger partial charge in [0.1, 0.15) is 17.8 Å². The molecule has 2 aromatic heterocycles. The van der Waals surface area contributed by atoms with E-state index in [9.17, 15) is 8.42 Å². The van der Waals surface area contributed by atoms with E-state index in [2.05, 4.69) is 31.1 Å². The summed E-state index contributed by atoms with van der Waals surface area (Å²) < 4.78 is 26.5. The Kier molecular flexibility index (Phi) is 4.58. The third-order valence-electron chi connectivity index (χ3n) is 4.47. The number of anilines is 2. The average Bonchev–Trinajstić information content (AvgIpc) is 3.13. The Hall–Kier alpha value is -3.23. The predicted molar refractivity (Wildman–Crippen MR) is 110 cm³/mol. The maximum Gasteiger partial charge on any atom is 0.240 e. The van der Waals surface area contributed by atoms with Crippen molar-refractivity contribution in [3.63, 3.8) is 0 Å². The minimum absolute atomic E-state index is 0.179. The topological polar surface area (TPSA) is 99.8 Å². The van der Waals surface area contributed by atoms with Crippen molar-refractivity contribution in [1.82, 2.24) is 19.7 Å². The van der Waals surface area contributed by atoms with Crippen molar-refractivity contribution in [1.29, 1.82) is 0 Å². The fourth-order valence-electron chi connectivity index (χ4n) is 3.09. The summed E-state index contributed by atoms with van der Waals surface area (Å²) in [6.45, 7) is 2.04. The summed E-state index contributed by atoms with van der Waals surface area (Å²) in [5.74, 6) is 0.599. The molecule has 28 heavy (non-hydrogen) atoms. The van der Waals surface area contributed by atoms with Gasteiger partial charge < -0.3 is 10.3 Å². The molecule has 0 aliphatic rings. The van der Waals surface area contributed by atoms with E-state index in [4.69, 9.17) is 0 Å². The number of benzene rings is 2. The molecule has 0 saturated carbocycles. The molecule has 0 saturated heterocycles. The summed E-state index contributed by atoms with van der Waals surface area (Å²) in [5.41, 5.74) is 4.50. The summed E-state index contributed by atoms with van der Waals surface area (Å²) in [6, 6.07) is 14.8. The summed E-state index contributed by atoms with van der Waals surface area (Å²) in [6.07, 6.45) is 3.37. The smallest absolute Gasteiger partial charge is 0.240 e. The van der Waals surface area contributed by atoms with Crippen LogP contribution in [0.4, 0.5) is 11.5 Å². The van der Waals surface area contributed by atoms with E-state index >= 15 is 0 Å². The van der Waals surface area contributed by atoms with Crippen LogP contribution in [0.3, 0.4) is 0 Å². The van der Waals surface area contributed by atoms with E-state index in [1.165, 1.54) is 13.4 Å². The molecule has 3 N–H and O–H groups in total. The number of aromatic amines is 1. The van der Waals surface area contributed by atoms with Crippen LogP contribution in [0.1, 0.15) is 5.56 Å². The number of fused-ring (bicyclic) bond motifs is 1. The maximum atomic E-state index is 12.1. The summed E-state index contributed by atoms with van der Waals surface area (Å²) in [4.78, 5) is 12.1. The number of hydrogen-bond acceptors (Lipinski definition) is 5. The van der Waals surface area contributed by atoms with Crippen molar-refractivity contribution in [2.24, 2.45) is 0 Å². The largest absolute Gasteiger partial charge is 0.345 e. The van der Waals surface area contributed by atoms with Crippen LogP contribution >= 0.6 is 0 Å². The Morgan fingerprint density at radius 3 is 2.64 bits per heavy atom. The molecule has 0 spiro atoms. The summed E-state index contributed by atoms with van der Waals surface area (Å²) >= 11 is 0. The first-order valence-corrected chi connectivity index (χ1v) is 10.2. The van der Waals surface area contributed by atoms with Gasteiger partial charge in [0.25, 0.3) is 0 Å². The van der Waals surface area contributed by atoms with E-state index in [0.29, 0.717) is 17.2 Å². The van der Waals surface area contributed by atoms with E-state index in [1.54, 1.807) is 24.3 Å². The Morgan fingerprint density at radius 2 is 1.86 bits per heavy atom. The second-order valence-corrected chi connectivity index (χ2v) is 8.26. The molecular formula is C20H19N5O2S. The number of nitrogens with zero attached hydrogens (tertiary/aromatic N) is 2. The lowest BCUT2D eigenvalue weighted by Gasteiger charge is -2.10. The van der Waals surface area contributed by atoms with Crippen molar-refractivity contribution in [3.8, 4) is 11.1 Å². The van der Waals surface area contributed by atoms with Gasteiger partial charge in [0, 0.05) is 17.4 Å². The second-order valence-electron chi connectivity index (χ2n) is 6.38. The van der Waals surface area contributed by atoms with Gasteiger partial charge in [0.2, 0.25) is 10.0 Å². The van der Waals surface area contributed by atoms with Gasteiger partial charge in [-0.1, -0.05) is 35.9 Å². The number of rotatable bonds is 5. The first kappa shape index (κ1) is 18.1. The number of sulfonamides is 1. The molecule has 142 valence electrons. The van der Waals surface area contributed by atoms with Crippen LogP contribution in [-0.2, 0) is 10.0 Å². The zero-order chi connectivity index (χ0) is 19.7. The molecule has 0 aliphatic heterocycles. The third-order valence-corrected chi connectivity index (χ3v) is 5.89. The minimum Gasteiger partial charge on any atom is -0.345 e. The van der Waals surface area contributed by atoms with E-state index in [1.807, 2.05) is 31.3 Å². The third kappa shape index (κ3) is 3.35. The van der Waals surface area contributed by atoms with Crippen LogP contribution in [0.5, 0.6) is 0 Å². The zero-order valence-corrected chi connectivity index (χ0v) is 16.2. The first-order chi connectivity index (χ1) is 13.5. The first-order valence-electron chi connectivity index (χ1n) is 8.68. The van der Waals surface area contributed by atoms with E-state index < -0.39 is 10.0 Å². The zero-order valence-electron chi connectivity index (χ0n) is 15.4. The monoisotopic (exact) mass is 393 g/mol. The molecule has 4 rings (SSSR count). The molecular weight excluding hydrogens is 374 g/mol. The van der Waals surface area contributed by atoms with Crippen LogP contribution in [-0.4, -0.2) is 30.4 Å². The summed E-state index contributed by atoms with van der Waals surface area (Å²) in [7, 11) is -2.14. The van der Waals surface area contributed by atoms with Gasteiger partial charge in [-0.3, -0.25) is 0 Å². The molecule has 0 unspecified atom stereocenters. The maximum absolute atomic E-state index is 12.1. The van der Waals surface area contributed by atoms with Gasteiger partial charge in [0.05, 0.1) is 10.3 Å². The minimum atomic E-state index is -3.53. The van der Waals surface area contributed by atoms with Crippen molar-refractivity contribution in [2.75, 3.05) is 12.4 Å². The van der Waals surface area contributed by atoms with Gasteiger partial charge in [-0.05, 0) is 37.7 Å². The number of aromatic nitrogens is 3. The Balaban J connectivity index is 1.80. The lowest BCUT2D eigenvalue weighted by Crippen LogP contribution is -2.18. The van der Waals surface area contributed by atoms with Gasteiger partial charge in [-0.25, -0.2) is 23.1 Å². The highest BCUT2D eigenvalue weighted by Gasteiger charge is 2.15. The normalized spacial score (nSPS) is 11.6. The molecule has 0 aliphatic carbocycles. The quantitative estimate of drug-likeness (QED) is 0.481. The SMILES string of the molecule is CNS(=O)(=O)c1cccc(Nc2ncnc3[nH]cc(-c4cccc(C)c4)c23)c1. The molecule has 0 atom stereocenters. The fraction of sp³-hybridized carbons (Fsp3) is 0.100. The second kappa shape index (κ2) is 7.06. The van der Waals surface area contributed by atoms with Crippen LogP contribution < -0.4 is 10.0 Å². The molecule has 2 aromatic carbocycles. The lowest BCUT2D eigenvalue weighted by molar-refractivity contribution is 0.588. The Bertz CT molecular complexity index is 1260. The Morgan fingerprint density at radius 1 is 1.04 bits per heavy atom. The van der Waals surface area contributed by atoms with E-state index in [-0.39, 0.29) is 4.90 Å².